The molecule has 0 amide bonds. The number of nitro groups is 1. The molecule has 0 aromatic heterocycles. The van der Waals surface area contributed by atoms with Gasteiger partial charge in [-0.1, -0.05) is 11.6 Å². The first-order valence-electron chi connectivity index (χ1n) is 6.07. The van der Waals surface area contributed by atoms with Crippen molar-refractivity contribution in [2.75, 3.05) is 13.1 Å². The van der Waals surface area contributed by atoms with Gasteiger partial charge in [-0.3, -0.25) is 10.1 Å². The Morgan fingerprint density at radius 3 is 2.67 bits per heavy atom. The second-order valence-electron chi connectivity index (χ2n) is 4.54. The van der Waals surface area contributed by atoms with E-state index in [1.807, 2.05) is 0 Å². The predicted molar refractivity (Wildman–Crippen MR) is 81.6 cm³/mol. The van der Waals surface area contributed by atoms with E-state index in [4.69, 9.17) is 11.6 Å². The Balaban J connectivity index is 0.00000220. The first kappa shape index (κ1) is 18.1. The van der Waals surface area contributed by atoms with Gasteiger partial charge >= 0.3 is 0 Å². The predicted octanol–water partition coefficient (Wildman–Crippen LogP) is 1.70. The molecule has 1 aliphatic rings. The summed E-state index contributed by atoms with van der Waals surface area (Å²) in [7, 11) is -3.78. The van der Waals surface area contributed by atoms with Crippen molar-refractivity contribution < 1.29 is 13.3 Å². The van der Waals surface area contributed by atoms with Crippen LogP contribution in [0.2, 0.25) is 5.02 Å². The van der Waals surface area contributed by atoms with Crippen LogP contribution in [-0.2, 0) is 10.0 Å². The Kier molecular flexibility index (Phi) is 6.36. The minimum Gasteiger partial charge on any atom is -0.315 e. The fourth-order valence-electron chi connectivity index (χ4n) is 2.06. The van der Waals surface area contributed by atoms with Crippen LogP contribution in [0, 0.1) is 10.1 Å². The Labute approximate surface area is 133 Å². The van der Waals surface area contributed by atoms with E-state index < -0.39 is 14.9 Å². The number of hydrogen-bond donors (Lipinski definition) is 2. The van der Waals surface area contributed by atoms with Gasteiger partial charge in [-0.2, -0.15) is 0 Å². The molecule has 21 heavy (non-hydrogen) atoms. The second kappa shape index (κ2) is 7.37. The first-order valence-corrected chi connectivity index (χ1v) is 7.93. The number of sulfonamides is 1. The topological polar surface area (TPSA) is 101 Å². The molecule has 0 spiro atoms. The molecule has 0 bridgehead atoms. The Morgan fingerprint density at radius 1 is 1.43 bits per heavy atom. The molecule has 0 unspecified atom stereocenters. The van der Waals surface area contributed by atoms with Crippen molar-refractivity contribution in [3.05, 3.63) is 33.3 Å². The molecule has 2 N–H and O–H groups in total. The minimum atomic E-state index is -3.78. The van der Waals surface area contributed by atoms with E-state index in [-0.39, 0.29) is 34.1 Å². The summed E-state index contributed by atoms with van der Waals surface area (Å²) in [5.74, 6) is 0. The van der Waals surface area contributed by atoms with Gasteiger partial charge in [-0.15, -0.1) is 12.4 Å². The van der Waals surface area contributed by atoms with Crippen molar-refractivity contribution in [3.63, 3.8) is 0 Å². The van der Waals surface area contributed by atoms with Gasteiger partial charge in [0.2, 0.25) is 10.0 Å². The smallest absolute Gasteiger partial charge is 0.271 e. The lowest BCUT2D eigenvalue weighted by Crippen LogP contribution is -2.45. The van der Waals surface area contributed by atoms with Gasteiger partial charge in [0.1, 0.15) is 4.90 Å². The van der Waals surface area contributed by atoms with Gasteiger partial charge in [-0.05, 0) is 25.5 Å². The fourth-order valence-corrected chi connectivity index (χ4v) is 3.87. The van der Waals surface area contributed by atoms with Crippen LogP contribution in [0.15, 0.2) is 23.1 Å². The fraction of sp³-hybridized carbons (Fsp3) is 0.455. The number of benzene rings is 1. The van der Waals surface area contributed by atoms with Crippen molar-refractivity contribution in [1.29, 1.82) is 0 Å². The lowest BCUT2D eigenvalue weighted by molar-refractivity contribution is -0.384. The van der Waals surface area contributed by atoms with Crippen LogP contribution >= 0.6 is 24.0 Å². The van der Waals surface area contributed by atoms with E-state index in [2.05, 4.69) is 10.0 Å². The quantitative estimate of drug-likeness (QED) is 0.632. The normalized spacial score (nSPS) is 18.8. The zero-order valence-electron chi connectivity index (χ0n) is 10.9. The van der Waals surface area contributed by atoms with E-state index in [1.54, 1.807) is 0 Å². The average molecular weight is 356 g/mol. The molecule has 1 aromatic carbocycles. The van der Waals surface area contributed by atoms with Gasteiger partial charge < -0.3 is 5.32 Å². The molecular weight excluding hydrogens is 341 g/mol. The molecular formula is C11H15Cl2N3O4S. The Bertz CT molecular complexity index is 618. The zero-order valence-corrected chi connectivity index (χ0v) is 13.3. The van der Waals surface area contributed by atoms with Gasteiger partial charge in [0, 0.05) is 24.7 Å². The number of nitrogens with one attached hydrogen (secondary N) is 2. The van der Waals surface area contributed by atoms with E-state index in [0.717, 1.165) is 37.6 Å². The third-order valence-corrected chi connectivity index (χ3v) is 5.04. The van der Waals surface area contributed by atoms with Crippen LogP contribution in [0.1, 0.15) is 12.8 Å². The maximum Gasteiger partial charge on any atom is 0.271 e. The highest BCUT2D eigenvalue weighted by Gasteiger charge is 2.24. The monoisotopic (exact) mass is 355 g/mol. The molecule has 0 radical (unpaired) electrons. The summed E-state index contributed by atoms with van der Waals surface area (Å²) in [4.78, 5) is 9.84. The number of non-ortho nitro benzene ring substituents is 1. The molecule has 1 atom stereocenters. The summed E-state index contributed by atoms with van der Waals surface area (Å²) in [5.41, 5.74) is -0.242. The largest absolute Gasteiger partial charge is 0.315 e. The highest BCUT2D eigenvalue weighted by atomic mass is 35.5. The molecule has 0 aliphatic carbocycles. The van der Waals surface area contributed by atoms with Crippen LogP contribution in [0.4, 0.5) is 5.69 Å². The average Bonchev–Trinajstić information content (AvgIpc) is 2.38. The van der Waals surface area contributed by atoms with Crippen molar-refractivity contribution >= 4 is 39.7 Å². The Morgan fingerprint density at radius 2 is 2.14 bits per heavy atom. The van der Waals surface area contributed by atoms with Crippen LogP contribution < -0.4 is 10.0 Å². The summed E-state index contributed by atoms with van der Waals surface area (Å²) in [6, 6.07) is 3.12. The molecule has 1 heterocycles. The molecule has 7 nitrogen and oxygen atoms in total. The number of nitrogens with zero attached hydrogens (tertiary/aromatic N) is 1. The maximum atomic E-state index is 12.2. The lowest BCUT2D eigenvalue weighted by atomic mass is 10.1. The zero-order chi connectivity index (χ0) is 14.8. The van der Waals surface area contributed by atoms with Crippen LogP contribution in [0.25, 0.3) is 0 Å². The molecule has 118 valence electrons. The molecule has 1 saturated heterocycles. The standard InChI is InChI=1S/C11H14ClN3O4S.ClH/c12-10-6-9(15(16)17)3-4-11(10)20(18,19)14-8-2-1-5-13-7-8;/h3-4,6,8,13-14H,1-2,5,7H2;1H/t8-;/m0./s1. The second-order valence-corrected chi connectivity index (χ2v) is 6.63. The summed E-state index contributed by atoms with van der Waals surface area (Å²) >= 11 is 5.84. The van der Waals surface area contributed by atoms with Crippen molar-refractivity contribution in [2.24, 2.45) is 0 Å². The van der Waals surface area contributed by atoms with E-state index >= 15 is 0 Å². The van der Waals surface area contributed by atoms with Gasteiger partial charge in [0.15, 0.2) is 0 Å². The third kappa shape index (κ3) is 4.52. The summed E-state index contributed by atoms with van der Waals surface area (Å²) < 4.78 is 27.0. The van der Waals surface area contributed by atoms with Gasteiger partial charge in [0.25, 0.3) is 5.69 Å². The summed E-state index contributed by atoms with van der Waals surface area (Å²) in [6.45, 7) is 1.43. The molecule has 1 fully saturated rings. The minimum absolute atomic E-state index is 0. The van der Waals surface area contributed by atoms with E-state index in [0.29, 0.717) is 6.54 Å². The van der Waals surface area contributed by atoms with Crippen molar-refractivity contribution in [3.8, 4) is 0 Å². The molecule has 1 aromatic rings. The summed E-state index contributed by atoms with van der Waals surface area (Å²) in [5, 5.41) is 13.5. The van der Waals surface area contributed by atoms with Crippen molar-refractivity contribution in [1.82, 2.24) is 10.0 Å². The summed E-state index contributed by atoms with van der Waals surface area (Å²) in [6.07, 6.45) is 1.64. The highest BCUT2D eigenvalue weighted by molar-refractivity contribution is 7.89. The third-order valence-electron chi connectivity index (χ3n) is 3.03. The molecule has 1 aliphatic heterocycles. The molecule has 0 saturated carbocycles. The molecule has 10 heteroatoms. The van der Waals surface area contributed by atoms with Gasteiger partial charge in [-0.25, -0.2) is 13.1 Å². The lowest BCUT2D eigenvalue weighted by Gasteiger charge is -2.23. The van der Waals surface area contributed by atoms with Gasteiger partial charge in [0.05, 0.1) is 9.95 Å². The van der Waals surface area contributed by atoms with E-state index in [1.165, 1.54) is 0 Å². The van der Waals surface area contributed by atoms with Crippen molar-refractivity contribution in [2.45, 2.75) is 23.8 Å². The SMILES string of the molecule is Cl.O=[N+]([O-])c1ccc(S(=O)(=O)N[C@H]2CCCNC2)c(Cl)c1. The number of piperidine rings is 1. The number of halogens is 2. The highest BCUT2D eigenvalue weighted by Crippen LogP contribution is 2.26. The number of hydrogen-bond acceptors (Lipinski definition) is 5. The number of rotatable bonds is 4. The van der Waals surface area contributed by atoms with Crippen LogP contribution in [0.3, 0.4) is 0 Å². The van der Waals surface area contributed by atoms with E-state index in [9.17, 15) is 18.5 Å². The maximum absolute atomic E-state index is 12.2. The van der Waals surface area contributed by atoms with Crippen LogP contribution in [0.5, 0.6) is 0 Å². The molecule has 2 rings (SSSR count). The van der Waals surface area contributed by atoms with Crippen LogP contribution in [-0.4, -0.2) is 32.5 Å². The number of nitro benzene ring substituents is 1. The first-order chi connectivity index (χ1) is 9.40. The Hall–Kier alpha value is -0.930.